The van der Waals surface area contributed by atoms with E-state index in [1.54, 1.807) is 12.1 Å². The highest BCUT2D eigenvalue weighted by atomic mass is 16.2. The first-order chi connectivity index (χ1) is 21.7. The molecule has 3 aliphatic heterocycles. The van der Waals surface area contributed by atoms with Gasteiger partial charge < -0.3 is 26.2 Å². The second kappa shape index (κ2) is 14.9. The zero-order valence-electron chi connectivity index (χ0n) is 26.6. The van der Waals surface area contributed by atoms with Crippen LogP contribution in [0, 0.1) is 11.8 Å². The summed E-state index contributed by atoms with van der Waals surface area (Å²) in [6.07, 6.45) is 13.6. The fourth-order valence-corrected chi connectivity index (χ4v) is 7.21. The van der Waals surface area contributed by atoms with Gasteiger partial charge in [0.25, 0.3) is 5.91 Å². The van der Waals surface area contributed by atoms with Gasteiger partial charge in [0, 0.05) is 76.2 Å². The molecule has 45 heavy (non-hydrogen) atoms. The summed E-state index contributed by atoms with van der Waals surface area (Å²) in [5, 5.41) is 2.28. The number of aldehydes is 1. The van der Waals surface area contributed by atoms with Gasteiger partial charge >= 0.3 is 0 Å². The van der Waals surface area contributed by atoms with Gasteiger partial charge in [-0.1, -0.05) is 19.3 Å². The van der Waals surface area contributed by atoms with Gasteiger partial charge in [-0.3, -0.25) is 29.4 Å². The summed E-state index contributed by atoms with van der Waals surface area (Å²) in [7, 11) is 1.53. The number of nitrogens with two attached hydrogens (primary N) is 2. The van der Waals surface area contributed by atoms with E-state index in [-0.39, 0.29) is 24.3 Å². The number of anilines is 1. The van der Waals surface area contributed by atoms with Crippen LogP contribution >= 0.6 is 0 Å². The maximum atomic E-state index is 13.2. The number of piperazine rings is 1. The predicted octanol–water partition coefficient (Wildman–Crippen LogP) is 2.43. The van der Waals surface area contributed by atoms with Gasteiger partial charge in [-0.25, -0.2) is 0 Å². The molecule has 244 valence electrons. The SMILES string of the molecule is CN(C(=O)c1ccc(N2CCN(CC3CCN(/C(N)=C/C=C(\N)C4CCCCC4)CC3)CC2)cc1C=O)C1CCC(=O)NC1=O. The summed E-state index contributed by atoms with van der Waals surface area (Å²) < 4.78 is 0. The van der Waals surface area contributed by atoms with Gasteiger partial charge in [0.2, 0.25) is 11.8 Å². The number of likely N-dealkylation sites (tertiary alicyclic amines) is 1. The first-order valence-corrected chi connectivity index (χ1v) is 16.6. The molecule has 0 aromatic heterocycles. The second-order valence-electron chi connectivity index (χ2n) is 13.1. The number of nitrogens with zero attached hydrogens (tertiary/aromatic N) is 4. The van der Waals surface area contributed by atoms with Crippen LogP contribution in [0.3, 0.4) is 0 Å². The van der Waals surface area contributed by atoms with Crippen LogP contribution in [-0.4, -0.2) is 97.6 Å². The standard InChI is InChI=1S/C34H49N7O4/c1-38(30-10-12-32(43)37-33(30)44)34(45)28-8-7-27(21-26(28)23-42)40-19-17-39(18-20-40)22-24-13-15-41(16-14-24)31(36)11-9-29(35)25-5-3-2-4-6-25/h7-9,11,21,23-25,30H,2-6,10,12-20,22,35-36H2,1H3,(H,37,43,44)/b29-9-,31-11+. The Morgan fingerprint density at radius 2 is 1.67 bits per heavy atom. The molecule has 1 aliphatic carbocycles. The van der Waals surface area contributed by atoms with E-state index in [2.05, 4.69) is 20.0 Å². The summed E-state index contributed by atoms with van der Waals surface area (Å²) in [5.74, 6) is 0.717. The normalized spacial score (nSPS) is 23.2. The topological polar surface area (TPSA) is 145 Å². The minimum atomic E-state index is -0.740. The fourth-order valence-electron chi connectivity index (χ4n) is 7.21. The molecule has 4 aliphatic rings. The van der Waals surface area contributed by atoms with Crippen LogP contribution in [0.15, 0.2) is 41.9 Å². The second-order valence-corrected chi connectivity index (χ2v) is 13.1. The molecule has 0 spiro atoms. The largest absolute Gasteiger partial charge is 0.402 e. The predicted molar refractivity (Wildman–Crippen MR) is 174 cm³/mol. The van der Waals surface area contributed by atoms with Crippen molar-refractivity contribution in [3.63, 3.8) is 0 Å². The molecule has 11 heteroatoms. The molecule has 0 radical (unpaired) electrons. The van der Waals surface area contributed by atoms with Gasteiger partial charge in [0.1, 0.15) is 6.04 Å². The smallest absolute Gasteiger partial charge is 0.255 e. The lowest BCUT2D eigenvalue weighted by molar-refractivity contribution is -0.136. The molecule has 0 bridgehead atoms. The number of allylic oxidation sites excluding steroid dienone is 3. The van der Waals surface area contributed by atoms with Gasteiger partial charge in [-0.2, -0.15) is 0 Å². The van der Waals surface area contributed by atoms with Crippen molar-refractivity contribution >= 4 is 29.7 Å². The Labute approximate surface area is 266 Å². The molecule has 3 amide bonds. The summed E-state index contributed by atoms with van der Waals surface area (Å²) >= 11 is 0. The van der Waals surface area contributed by atoms with E-state index in [0.29, 0.717) is 23.7 Å². The number of hydrogen-bond acceptors (Lipinski definition) is 9. The number of imide groups is 1. The highest BCUT2D eigenvalue weighted by Gasteiger charge is 2.33. The van der Waals surface area contributed by atoms with Crippen molar-refractivity contribution in [3.8, 4) is 0 Å². The Kier molecular flexibility index (Phi) is 10.8. The molecule has 3 heterocycles. The summed E-state index contributed by atoms with van der Waals surface area (Å²) in [4.78, 5) is 57.3. The lowest BCUT2D eigenvalue weighted by atomic mass is 9.87. The maximum Gasteiger partial charge on any atom is 0.255 e. The van der Waals surface area contributed by atoms with E-state index in [4.69, 9.17) is 11.5 Å². The molecule has 1 saturated carbocycles. The van der Waals surface area contributed by atoms with Crippen molar-refractivity contribution in [3.05, 3.63) is 53.0 Å². The Morgan fingerprint density at radius 1 is 0.956 bits per heavy atom. The van der Waals surface area contributed by atoms with Crippen LogP contribution in [-0.2, 0) is 9.59 Å². The summed E-state index contributed by atoms with van der Waals surface area (Å²) in [5.41, 5.74) is 15.2. The van der Waals surface area contributed by atoms with E-state index in [0.717, 1.165) is 75.9 Å². The van der Waals surface area contributed by atoms with Crippen molar-refractivity contribution in [2.24, 2.45) is 23.3 Å². The van der Waals surface area contributed by atoms with Crippen LogP contribution in [0.4, 0.5) is 5.69 Å². The number of piperidine rings is 2. The average Bonchev–Trinajstić information content (AvgIpc) is 3.07. The highest BCUT2D eigenvalue weighted by molar-refractivity contribution is 6.06. The number of amides is 3. The number of likely N-dealkylation sites (N-methyl/N-ethyl adjacent to an activating group) is 1. The number of hydrogen-bond donors (Lipinski definition) is 3. The Morgan fingerprint density at radius 3 is 2.33 bits per heavy atom. The average molecular weight is 620 g/mol. The molecular weight excluding hydrogens is 570 g/mol. The van der Waals surface area contributed by atoms with Crippen LogP contribution in [0.5, 0.6) is 0 Å². The highest BCUT2D eigenvalue weighted by Crippen LogP contribution is 2.28. The minimum Gasteiger partial charge on any atom is -0.402 e. The van der Waals surface area contributed by atoms with Crippen molar-refractivity contribution in [2.75, 3.05) is 57.8 Å². The zero-order valence-corrected chi connectivity index (χ0v) is 26.6. The Bertz CT molecular complexity index is 1310. The third-order valence-corrected chi connectivity index (χ3v) is 10.1. The van der Waals surface area contributed by atoms with Gasteiger partial charge in [0.05, 0.1) is 11.4 Å². The molecule has 4 fully saturated rings. The minimum absolute atomic E-state index is 0.179. The maximum absolute atomic E-state index is 13.2. The lowest BCUT2D eigenvalue weighted by Gasteiger charge is -2.40. The number of nitrogens with one attached hydrogen (secondary N) is 1. The third kappa shape index (κ3) is 8.06. The van der Waals surface area contributed by atoms with E-state index >= 15 is 0 Å². The summed E-state index contributed by atoms with van der Waals surface area (Å²) in [6.45, 7) is 6.53. The van der Waals surface area contributed by atoms with Crippen molar-refractivity contribution in [1.29, 1.82) is 0 Å². The van der Waals surface area contributed by atoms with Gasteiger partial charge in [-0.05, 0) is 74.3 Å². The van der Waals surface area contributed by atoms with Crippen molar-refractivity contribution < 1.29 is 19.2 Å². The Balaban J connectivity index is 1.08. The molecule has 3 saturated heterocycles. The molecule has 1 aromatic rings. The first-order valence-electron chi connectivity index (χ1n) is 16.6. The van der Waals surface area contributed by atoms with Crippen molar-refractivity contribution in [1.82, 2.24) is 20.0 Å². The first kappa shape index (κ1) is 32.5. The van der Waals surface area contributed by atoms with Gasteiger partial charge in [0.15, 0.2) is 6.29 Å². The zero-order chi connectivity index (χ0) is 31.9. The molecule has 1 atom stereocenters. The molecule has 11 nitrogen and oxygen atoms in total. The van der Waals surface area contributed by atoms with Crippen LogP contribution in [0.25, 0.3) is 0 Å². The third-order valence-electron chi connectivity index (χ3n) is 10.1. The van der Waals surface area contributed by atoms with E-state index in [1.165, 1.54) is 44.1 Å². The molecule has 5 N–H and O–H groups in total. The summed E-state index contributed by atoms with van der Waals surface area (Å²) in [6, 6.07) is 4.57. The van der Waals surface area contributed by atoms with Crippen LogP contribution in [0.2, 0.25) is 0 Å². The van der Waals surface area contributed by atoms with E-state index in [9.17, 15) is 19.2 Å². The van der Waals surface area contributed by atoms with E-state index < -0.39 is 17.9 Å². The number of carbonyl (C=O) groups excluding carboxylic acids is 4. The molecular formula is C34H49N7O4. The van der Waals surface area contributed by atoms with Crippen LogP contribution in [0.1, 0.15) is 78.5 Å². The lowest BCUT2D eigenvalue weighted by Crippen LogP contribution is -2.53. The van der Waals surface area contributed by atoms with Gasteiger partial charge in [-0.15, -0.1) is 0 Å². The molecule has 5 rings (SSSR count). The van der Waals surface area contributed by atoms with Crippen LogP contribution < -0.4 is 21.7 Å². The number of rotatable bonds is 9. The quantitative estimate of drug-likeness (QED) is 0.216. The Hall–Kier alpha value is -3.86. The molecule has 1 aromatic carbocycles. The van der Waals surface area contributed by atoms with E-state index in [1.807, 2.05) is 18.2 Å². The molecule has 1 unspecified atom stereocenters. The monoisotopic (exact) mass is 619 g/mol. The van der Waals surface area contributed by atoms with Crippen molar-refractivity contribution in [2.45, 2.75) is 63.8 Å². The fraction of sp³-hybridized carbons (Fsp3) is 0.588. The number of carbonyl (C=O) groups is 4. The number of benzene rings is 1.